The summed E-state index contributed by atoms with van der Waals surface area (Å²) in [4.78, 5) is 50.7. The summed E-state index contributed by atoms with van der Waals surface area (Å²) >= 11 is 5.87. The normalized spacial score (nSPS) is 10.8. The number of nitrogens with zero attached hydrogens (tertiary/aromatic N) is 1. The van der Waals surface area contributed by atoms with Crippen LogP contribution >= 0.6 is 11.6 Å². The van der Waals surface area contributed by atoms with Crippen molar-refractivity contribution in [3.05, 3.63) is 55.2 Å². The molecule has 0 fully saturated rings. The van der Waals surface area contributed by atoms with Crippen LogP contribution in [0.2, 0.25) is 5.02 Å². The van der Waals surface area contributed by atoms with Crippen molar-refractivity contribution in [2.24, 2.45) is 5.92 Å². The number of esters is 1. The molecule has 0 atom stereocenters. The Morgan fingerprint density at radius 1 is 1.29 bits per heavy atom. The van der Waals surface area contributed by atoms with Crippen LogP contribution < -0.4 is 21.7 Å². The van der Waals surface area contributed by atoms with E-state index < -0.39 is 35.2 Å². The van der Waals surface area contributed by atoms with Crippen molar-refractivity contribution in [3.8, 4) is 5.75 Å². The third kappa shape index (κ3) is 4.61. The molecule has 0 aliphatic rings. The van der Waals surface area contributed by atoms with Gasteiger partial charge in [-0.3, -0.25) is 19.1 Å². The molecular weight excluding hydrogens is 390 g/mol. The average molecular weight is 410 g/mol. The van der Waals surface area contributed by atoms with E-state index >= 15 is 0 Å². The third-order valence-corrected chi connectivity index (χ3v) is 4.02. The summed E-state index contributed by atoms with van der Waals surface area (Å²) in [6.07, 6.45) is 0. The Labute approximate surface area is 165 Å². The number of halogens is 1. The molecule has 0 aliphatic carbocycles. The highest BCUT2D eigenvalue weighted by atomic mass is 35.5. The lowest BCUT2D eigenvalue weighted by atomic mass is 10.1. The number of carbonyl (C=O) groups excluding carboxylic acids is 2. The van der Waals surface area contributed by atoms with Crippen LogP contribution in [0.15, 0.2) is 27.8 Å². The molecule has 150 valence electrons. The van der Waals surface area contributed by atoms with Crippen LogP contribution in [0.4, 0.5) is 5.82 Å². The Kier molecular flexibility index (Phi) is 6.63. The smallest absolute Gasteiger partial charge is 0.342 e. The zero-order valence-electron chi connectivity index (χ0n) is 15.6. The number of ether oxygens (including phenoxy) is 2. The Balaban J connectivity index is 2.27. The zero-order valence-corrected chi connectivity index (χ0v) is 16.3. The maximum Gasteiger partial charge on any atom is 0.342 e. The SMILES string of the molecule is COc1ccc(Cl)cc1C(=O)OCC(=O)c1c(N)n(CC(C)C)c(=O)[nH]c1=O. The van der Waals surface area contributed by atoms with Gasteiger partial charge in [0.25, 0.3) is 5.56 Å². The second-order valence-corrected chi connectivity index (χ2v) is 6.80. The number of aromatic amines is 1. The lowest BCUT2D eigenvalue weighted by Gasteiger charge is -2.14. The molecule has 2 aromatic rings. The second-order valence-electron chi connectivity index (χ2n) is 6.37. The van der Waals surface area contributed by atoms with Gasteiger partial charge in [-0.2, -0.15) is 0 Å². The van der Waals surface area contributed by atoms with Crippen LogP contribution in [0.1, 0.15) is 34.6 Å². The first-order valence-corrected chi connectivity index (χ1v) is 8.70. The number of carbonyl (C=O) groups is 2. The van der Waals surface area contributed by atoms with Gasteiger partial charge in [0.2, 0.25) is 5.78 Å². The summed E-state index contributed by atoms with van der Waals surface area (Å²) in [7, 11) is 1.36. The molecule has 1 aromatic carbocycles. The molecule has 9 nitrogen and oxygen atoms in total. The van der Waals surface area contributed by atoms with Gasteiger partial charge in [0, 0.05) is 11.6 Å². The van der Waals surface area contributed by atoms with Crippen molar-refractivity contribution >= 4 is 29.2 Å². The molecular formula is C18H20ClN3O6. The van der Waals surface area contributed by atoms with Crippen LogP contribution in [0, 0.1) is 5.92 Å². The van der Waals surface area contributed by atoms with E-state index in [1.807, 2.05) is 13.8 Å². The summed E-state index contributed by atoms with van der Waals surface area (Å²) in [6.45, 7) is 3.15. The molecule has 0 spiro atoms. The third-order valence-electron chi connectivity index (χ3n) is 3.78. The van der Waals surface area contributed by atoms with E-state index in [1.54, 1.807) is 0 Å². The molecule has 2 rings (SSSR count). The summed E-state index contributed by atoms with van der Waals surface area (Å²) in [5.74, 6) is -1.72. The number of ketones is 1. The van der Waals surface area contributed by atoms with Gasteiger partial charge in [-0.15, -0.1) is 0 Å². The molecule has 0 saturated carbocycles. The fourth-order valence-electron chi connectivity index (χ4n) is 2.52. The molecule has 0 unspecified atom stereocenters. The highest BCUT2D eigenvalue weighted by Crippen LogP contribution is 2.23. The van der Waals surface area contributed by atoms with Crippen molar-refractivity contribution < 1.29 is 19.1 Å². The number of nitrogens with two attached hydrogens (primary N) is 1. The fourth-order valence-corrected chi connectivity index (χ4v) is 2.70. The molecule has 1 heterocycles. The zero-order chi connectivity index (χ0) is 21.0. The number of nitrogens with one attached hydrogen (secondary N) is 1. The monoisotopic (exact) mass is 409 g/mol. The van der Waals surface area contributed by atoms with E-state index in [0.29, 0.717) is 0 Å². The molecule has 3 N–H and O–H groups in total. The van der Waals surface area contributed by atoms with Crippen LogP contribution in [0.25, 0.3) is 0 Å². The van der Waals surface area contributed by atoms with Gasteiger partial charge in [-0.05, 0) is 24.1 Å². The molecule has 0 saturated heterocycles. The predicted octanol–water partition coefficient (Wildman–Crippen LogP) is 1.48. The Morgan fingerprint density at radius 3 is 2.57 bits per heavy atom. The van der Waals surface area contributed by atoms with Crippen molar-refractivity contribution in [1.82, 2.24) is 9.55 Å². The average Bonchev–Trinajstić information content (AvgIpc) is 2.62. The minimum Gasteiger partial charge on any atom is -0.496 e. The van der Waals surface area contributed by atoms with Gasteiger partial charge in [0.15, 0.2) is 6.61 Å². The van der Waals surface area contributed by atoms with Gasteiger partial charge < -0.3 is 15.2 Å². The molecule has 28 heavy (non-hydrogen) atoms. The van der Waals surface area contributed by atoms with Crippen molar-refractivity contribution in [3.63, 3.8) is 0 Å². The fraction of sp³-hybridized carbons (Fsp3) is 0.333. The number of Topliss-reactive ketones (excluding diaryl/α,β-unsaturated/α-hetero) is 1. The first-order chi connectivity index (χ1) is 13.1. The number of benzene rings is 1. The van der Waals surface area contributed by atoms with E-state index in [4.69, 9.17) is 26.8 Å². The topological polar surface area (TPSA) is 133 Å². The number of hydrogen-bond donors (Lipinski definition) is 2. The van der Waals surface area contributed by atoms with E-state index in [9.17, 15) is 19.2 Å². The molecule has 0 bridgehead atoms. The Hall–Kier alpha value is -3.07. The van der Waals surface area contributed by atoms with E-state index in [2.05, 4.69) is 4.98 Å². The van der Waals surface area contributed by atoms with Gasteiger partial charge >= 0.3 is 11.7 Å². The van der Waals surface area contributed by atoms with Crippen molar-refractivity contribution in [2.45, 2.75) is 20.4 Å². The van der Waals surface area contributed by atoms with Gasteiger partial charge in [0.1, 0.15) is 22.7 Å². The number of methoxy groups -OCH3 is 1. The molecule has 1 aromatic heterocycles. The molecule has 10 heteroatoms. The summed E-state index contributed by atoms with van der Waals surface area (Å²) in [5, 5.41) is 0.278. The number of aromatic nitrogens is 2. The quantitative estimate of drug-likeness (QED) is 0.522. The van der Waals surface area contributed by atoms with E-state index in [1.165, 1.54) is 25.3 Å². The van der Waals surface area contributed by atoms with Gasteiger partial charge in [-0.1, -0.05) is 25.4 Å². The Morgan fingerprint density at radius 2 is 1.96 bits per heavy atom. The summed E-state index contributed by atoms with van der Waals surface area (Å²) in [6, 6.07) is 4.34. The standard InChI is InChI=1S/C18H20ClN3O6/c1-9(2)7-22-15(20)14(16(24)21-18(22)26)12(23)8-28-17(25)11-6-10(19)4-5-13(11)27-3/h4-6,9H,7-8,20H2,1-3H3,(H,21,24,26). The second kappa shape index (κ2) is 8.75. The first kappa shape index (κ1) is 21.2. The number of anilines is 1. The van der Waals surface area contributed by atoms with Crippen LogP contribution in [-0.4, -0.2) is 35.0 Å². The highest BCUT2D eigenvalue weighted by Gasteiger charge is 2.22. The summed E-state index contributed by atoms with van der Waals surface area (Å²) < 4.78 is 11.1. The van der Waals surface area contributed by atoms with Crippen molar-refractivity contribution in [1.29, 1.82) is 0 Å². The Bertz CT molecular complexity index is 1020. The van der Waals surface area contributed by atoms with Crippen molar-refractivity contribution in [2.75, 3.05) is 19.5 Å². The minimum absolute atomic E-state index is 0.0226. The summed E-state index contributed by atoms with van der Waals surface area (Å²) in [5.41, 5.74) is 3.79. The molecule has 0 amide bonds. The number of nitrogen functional groups attached to an aromatic ring is 1. The number of rotatable bonds is 7. The van der Waals surface area contributed by atoms with Gasteiger partial charge in [0.05, 0.1) is 7.11 Å². The van der Waals surface area contributed by atoms with E-state index in [0.717, 1.165) is 4.57 Å². The molecule has 0 radical (unpaired) electrons. The lowest BCUT2D eigenvalue weighted by molar-refractivity contribution is 0.0471. The first-order valence-electron chi connectivity index (χ1n) is 8.32. The molecule has 0 aliphatic heterocycles. The van der Waals surface area contributed by atoms with Gasteiger partial charge in [-0.25, -0.2) is 9.59 Å². The number of H-pyrrole nitrogens is 1. The lowest BCUT2D eigenvalue weighted by Crippen LogP contribution is -2.37. The highest BCUT2D eigenvalue weighted by molar-refractivity contribution is 6.31. The van der Waals surface area contributed by atoms with Crippen LogP contribution in [0.3, 0.4) is 0 Å². The van der Waals surface area contributed by atoms with Crippen LogP contribution in [-0.2, 0) is 11.3 Å². The maximum absolute atomic E-state index is 12.4. The van der Waals surface area contributed by atoms with Crippen LogP contribution in [0.5, 0.6) is 5.75 Å². The maximum atomic E-state index is 12.4. The van der Waals surface area contributed by atoms with E-state index in [-0.39, 0.29) is 34.6 Å². The predicted molar refractivity (Wildman–Crippen MR) is 103 cm³/mol. The number of hydrogen-bond acceptors (Lipinski definition) is 7. The minimum atomic E-state index is -0.941. The largest absolute Gasteiger partial charge is 0.496 e.